The van der Waals surface area contributed by atoms with Gasteiger partial charge in [0.05, 0.1) is 0 Å². The van der Waals surface area contributed by atoms with Crippen LogP contribution < -0.4 is 0 Å². The summed E-state index contributed by atoms with van der Waals surface area (Å²) in [5.74, 6) is 0. The van der Waals surface area contributed by atoms with E-state index in [4.69, 9.17) is 0 Å². The predicted octanol–water partition coefficient (Wildman–Crippen LogP) is 1.44. The molecule has 0 saturated heterocycles. The highest BCUT2D eigenvalue weighted by Crippen LogP contribution is 1.97. The molecule has 2 heteroatoms. The Balaban J connectivity index is 3.36. The summed E-state index contributed by atoms with van der Waals surface area (Å²) in [5.41, 5.74) is 0.968. The maximum absolute atomic E-state index is 12.1. The zero-order valence-electron chi connectivity index (χ0n) is 6.02. The van der Waals surface area contributed by atoms with Crippen molar-refractivity contribution >= 4 is 7.85 Å². The molecule has 0 aromatic carbocycles. The van der Waals surface area contributed by atoms with Crippen LogP contribution in [0.15, 0.2) is 24.2 Å². The molecular formula is C7H12BF. The topological polar surface area (TPSA) is 0 Å². The summed E-state index contributed by atoms with van der Waals surface area (Å²) >= 11 is 0. The summed E-state index contributed by atoms with van der Waals surface area (Å²) in [6.07, 6.45) is 3.39. The third-order valence-corrected chi connectivity index (χ3v) is 0.863. The van der Waals surface area contributed by atoms with E-state index in [1.165, 1.54) is 0 Å². The number of rotatable bonds is 3. The molecule has 0 aromatic heterocycles. The van der Waals surface area contributed by atoms with Crippen molar-refractivity contribution in [3.63, 3.8) is 0 Å². The van der Waals surface area contributed by atoms with E-state index in [0.29, 0.717) is 6.42 Å². The molecule has 0 aliphatic carbocycles. The molecule has 50 valence electrons. The molecule has 0 bridgehead atoms. The number of hydrogen-bond donors (Lipinski definition) is 0. The first-order chi connectivity index (χ1) is 4.13. The molecule has 0 N–H and O–H groups in total. The Morgan fingerprint density at radius 3 is 2.78 bits per heavy atom. The zero-order valence-corrected chi connectivity index (χ0v) is 6.02. The highest BCUT2D eigenvalue weighted by atomic mass is 19.1. The third kappa shape index (κ3) is 7.47. The largest absolute Gasteiger partial charge is 0.247 e. The molecule has 0 aliphatic heterocycles. The standard InChI is InChI=1S/C7H12BF/c1-6(8)4-3-5-7(2)9/h3-4,7H,1,5,8H2,2H3/b4-3-/t7-/m1/s1. The Bertz CT molecular complexity index is 116. The van der Waals surface area contributed by atoms with Gasteiger partial charge in [0.1, 0.15) is 14.0 Å². The lowest BCUT2D eigenvalue weighted by Gasteiger charge is -1.91. The van der Waals surface area contributed by atoms with Gasteiger partial charge in [0.25, 0.3) is 0 Å². The van der Waals surface area contributed by atoms with Gasteiger partial charge in [0.15, 0.2) is 0 Å². The van der Waals surface area contributed by atoms with Crippen LogP contribution in [0.3, 0.4) is 0 Å². The van der Waals surface area contributed by atoms with Crippen LogP contribution in [0.5, 0.6) is 0 Å². The minimum Gasteiger partial charge on any atom is -0.247 e. The summed E-state index contributed by atoms with van der Waals surface area (Å²) < 4.78 is 12.1. The first-order valence-corrected chi connectivity index (χ1v) is 3.09. The summed E-state index contributed by atoms with van der Waals surface area (Å²) in [6, 6.07) is 0. The first-order valence-electron chi connectivity index (χ1n) is 3.09. The Morgan fingerprint density at radius 2 is 2.44 bits per heavy atom. The van der Waals surface area contributed by atoms with Gasteiger partial charge >= 0.3 is 0 Å². The van der Waals surface area contributed by atoms with E-state index in [2.05, 4.69) is 6.58 Å². The van der Waals surface area contributed by atoms with Crippen LogP contribution in [0, 0.1) is 0 Å². The lowest BCUT2D eigenvalue weighted by atomic mass is 9.97. The molecule has 9 heavy (non-hydrogen) atoms. The van der Waals surface area contributed by atoms with Gasteiger partial charge in [-0.05, 0) is 13.3 Å². The van der Waals surface area contributed by atoms with Crippen LogP contribution in [-0.4, -0.2) is 14.0 Å². The van der Waals surface area contributed by atoms with Gasteiger partial charge < -0.3 is 0 Å². The molecule has 0 radical (unpaired) electrons. The normalized spacial score (nSPS) is 14.0. The molecular weight excluding hydrogens is 114 g/mol. The summed E-state index contributed by atoms with van der Waals surface area (Å²) in [4.78, 5) is 0. The van der Waals surface area contributed by atoms with Crippen molar-refractivity contribution in [1.82, 2.24) is 0 Å². The molecule has 0 amide bonds. The van der Waals surface area contributed by atoms with Crippen molar-refractivity contribution < 1.29 is 4.39 Å². The van der Waals surface area contributed by atoms with Crippen LogP contribution in [-0.2, 0) is 0 Å². The van der Waals surface area contributed by atoms with Gasteiger partial charge in [0, 0.05) is 0 Å². The number of hydrogen-bond acceptors (Lipinski definition) is 0. The Labute approximate surface area is 56.9 Å². The second-order valence-electron chi connectivity index (χ2n) is 2.27. The van der Waals surface area contributed by atoms with Crippen LogP contribution in [0.4, 0.5) is 4.39 Å². The SMILES string of the molecule is BC(=C)/C=C\C[C@@H](C)F. The molecule has 0 aromatic rings. The smallest absolute Gasteiger partial charge is 0.138 e. The maximum atomic E-state index is 12.1. The molecule has 0 nitrogen and oxygen atoms in total. The summed E-state index contributed by atoms with van der Waals surface area (Å²) in [5, 5.41) is 0. The predicted molar refractivity (Wildman–Crippen MR) is 42.0 cm³/mol. The van der Waals surface area contributed by atoms with Crippen LogP contribution in [0.2, 0.25) is 0 Å². The lowest BCUT2D eigenvalue weighted by Crippen LogP contribution is -1.87. The van der Waals surface area contributed by atoms with Gasteiger partial charge in [-0.25, -0.2) is 4.39 Å². The second kappa shape index (κ2) is 4.36. The monoisotopic (exact) mass is 126 g/mol. The Kier molecular flexibility index (Phi) is 4.11. The number of allylic oxidation sites excluding steroid dienone is 3. The fourth-order valence-electron chi connectivity index (χ4n) is 0.457. The van der Waals surface area contributed by atoms with E-state index in [1.54, 1.807) is 13.0 Å². The lowest BCUT2D eigenvalue weighted by molar-refractivity contribution is 0.365. The maximum Gasteiger partial charge on any atom is 0.138 e. The molecule has 0 fully saturated rings. The molecule has 1 atom stereocenters. The zero-order chi connectivity index (χ0) is 7.28. The van der Waals surface area contributed by atoms with E-state index < -0.39 is 6.17 Å². The van der Waals surface area contributed by atoms with Crippen molar-refractivity contribution in [3.8, 4) is 0 Å². The van der Waals surface area contributed by atoms with Crippen LogP contribution >= 0.6 is 0 Å². The molecule has 0 aliphatic rings. The van der Waals surface area contributed by atoms with Crippen molar-refractivity contribution in [1.29, 1.82) is 0 Å². The second-order valence-corrected chi connectivity index (χ2v) is 2.27. The van der Waals surface area contributed by atoms with E-state index in [-0.39, 0.29) is 0 Å². The van der Waals surface area contributed by atoms with E-state index in [0.717, 1.165) is 5.47 Å². The third-order valence-electron chi connectivity index (χ3n) is 0.863. The van der Waals surface area contributed by atoms with Gasteiger partial charge in [-0.15, -0.1) is 6.58 Å². The van der Waals surface area contributed by atoms with E-state index >= 15 is 0 Å². The van der Waals surface area contributed by atoms with Gasteiger partial charge in [-0.3, -0.25) is 0 Å². The number of alkyl halides is 1. The summed E-state index contributed by atoms with van der Waals surface area (Å²) in [6.45, 7) is 5.19. The van der Waals surface area contributed by atoms with E-state index in [1.807, 2.05) is 13.9 Å². The number of halogens is 1. The van der Waals surface area contributed by atoms with Crippen LogP contribution in [0.1, 0.15) is 13.3 Å². The molecule has 0 spiro atoms. The average molecular weight is 126 g/mol. The van der Waals surface area contributed by atoms with Gasteiger partial charge in [-0.2, -0.15) is 0 Å². The van der Waals surface area contributed by atoms with Crippen molar-refractivity contribution in [2.24, 2.45) is 0 Å². The van der Waals surface area contributed by atoms with Gasteiger partial charge in [-0.1, -0.05) is 17.6 Å². The van der Waals surface area contributed by atoms with Crippen molar-refractivity contribution in [2.45, 2.75) is 19.5 Å². The average Bonchev–Trinajstić information content (AvgIpc) is 1.63. The van der Waals surface area contributed by atoms with Crippen molar-refractivity contribution in [3.05, 3.63) is 24.2 Å². The summed E-state index contributed by atoms with van der Waals surface area (Å²) in [7, 11) is 1.89. The molecule has 0 rings (SSSR count). The Hall–Kier alpha value is -0.525. The molecule has 0 heterocycles. The highest BCUT2D eigenvalue weighted by Gasteiger charge is 1.90. The quantitative estimate of drug-likeness (QED) is 0.396. The molecule has 0 unspecified atom stereocenters. The fraction of sp³-hybridized carbons (Fsp3) is 0.429. The fourth-order valence-corrected chi connectivity index (χ4v) is 0.457. The Morgan fingerprint density at radius 1 is 1.89 bits per heavy atom. The van der Waals surface area contributed by atoms with Gasteiger partial charge in [0.2, 0.25) is 0 Å². The minimum absolute atomic E-state index is 0.493. The molecule has 0 saturated carbocycles. The highest BCUT2D eigenvalue weighted by molar-refractivity contribution is 6.22. The minimum atomic E-state index is -0.736. The first kappa shape index (κ1) is 8.47. The van der Waals surface area contributed by atoms with Crippen molar-refractivity contribution in [2.75, 3.05) is 0 Å². The van der Waals surface area contributed by atoms with Crippen LogP contribution in [0.25, 0.3) is 0 Å². The van der Waals surface area contributed by atoms with E-state index in [9.17, 15) is 4.39 Å².